The second-order valence-electron chi connectivity index (χ2n) is 3.64. The lowest BCUT2D eigenvalue weighted by molar-refractivity contribution is 0.187. The van der Waals surface area contributed by atoms with Crippen molar-refractivity contribution in [3.8, 4) is 5.75 Å². The lowest BCUT2D eigenvalue weighted by atomic mass is 10.3. The minimum Gasteiger partial charge on any atom is -0.488 e. The molecule has 1 amide bonds. The van der Waals surface area contributed by atoms with Crippen LogP contribution in [0.2, 0.25) is 4.34 Å². The van der Waals surface area contributed by atoms with Crippen LogP contribution in [0.5, 0.6) is 5.75 Å². The summed E-state index contributed by atoms with van der Waals surface area (Å²) in [7, 11) is 1.32. The number of hydrogen-bond acceptors (Lipinski definition) is 4. The molecule has 0 bridgehead atoms. The molecule has 0 aliphatic carbocycles. The van der Waals surface area contributed by atoms with Gasteiger partial charge in [-0.15, -0.1) is 11.3 Å². The van der Waals surface area contributed by atoms with E-state index >= 15 is 0 Å². The van der Waals surface area contributed by atoms with Crippen molar-refractivity contribution in [1.29, 1.82) is 0 Å². The van der Waals surface area contributed by atoms with Crippen LogP contribution in [0, 0.1) is 0 Å². The van der Waals surface area contributed by atoms with E-state index in [9.17, 15) is 4.79 Å². The minimum absolute atomic E-state index is 0.473. The highest BCUT2D eigenvalue weighted by molar-refractivity contribution is 7.16. The minimum atomic E-state index is -0.498. The fourth-order valence-electron chi connectivity index (χ4n) is 1.39. The molecule has 19 heavy (non-hydrogen) atoms. The maximum Gasteiger partial charge on any atom is 0.411 e. The Morgan fingerprint density at radius 3 is 2.58 bits per heavy atom. The van der Waals surface area contributed by atoms with Gasteiger partial charge in [-0.25, -0.2) is 4.79 Å². The van der Waals surface area contributed by atoms with Crippen LogP contribution < -0.4 is 10.1 Å². The van der Waals surface area contributed by atoms with Crippen LogP contribution in [0.15, 0.2) is 36.4 Å². The lowest BCUT2D eigenvalue weighted by Gasteiger charge is -2.06. The number of halogens is 1. The number of carbonyl (C=O) groups is 1. The summed E-state index contributed by atoms with van der Waals surface area (Å²) in [6, 6.07) is 10.8. The van der Waals surface area contributed by atoms with E-state index in [1.807, 2.05) is 12.1 Å². The van der Waals surface area contributed by atoms with Gasteiger partial charge in [0.15, 0.2) is 0 Å². The summed E-state index contributed by atoms with van der Waals surface area (Å²) in [4.78, 5) is 12.1. The summed E-state index contributed by atoms with van der Waals surface area (Å²) in [6.45, 7) is 0.473. The summed E-state index contributed by atoms with van der Waals surface area (Å²) < 4.78 is 10.8. The molecule has 2 rings (SSSR count). The molecule has 0 radical (unpaired) electrons. The van der Waals surface area contributed by atoms with Crippen molar-refractivity contribution in [2.45, 2.75) is 6.61 Å². The van der Waals surface area contributed by atoms with Gasteiger partial charge in [-0.2, -0.15) is 0 Å². The predicted octanol–water partition coefficient (Wildman–Crippen LogP) is 4.16. The zero-order valence-corrected chi connectivity index (χ0v) is 11.8. The van der Waals surface area contributed by atoms with Crippen molar-refractivity contribution in [2.24, 2.45) is 0 Å². The Hall–Kier alpha value is -1.72. The van der Waals surface area contributed by atoms with Gasteiger partial charge >= 0.3 is 6.09 Å². The maximum atomic E-state index is 11.0. The molecule has 0 fully saturated rings. The zero-order valence-electron chi connectivity index (χ0n) is 10.2. The molecule has 0 aliphatic rings. The Balaban J connectivity index is 1.89. The van der Waals surface area contributed by atoms with Gasteiger partial charge in [0.1, 0.15) is 12.4 Å². The fraction of sp³-hybridized carbons (Fsp3) is 0.154. The van der Waals surface area contributed by atoms with Gasteiger partial charge in [0.2, 0.25) is 0 Å². The fourth-order valence-corrected chi connectivity index (χ4v) is 2.39. The number of benzene rings is 1. The van der Waals surface area contributed by atoms with Crippen LogP contribution in [0.1, 0.15) is 4.88 Å². The predicted molar refractivity (Wildman–Crippen MR) is 76.1 cm³/mol. The van der Waals surface area contributed by atoms with Crippen LogP contribution in [0.3, 0.4) is 0 Å². The molecular formula is C13H12ClNO3S. The topological polar surface area (TPSA) is 47.6 Å². The first-order valence-corrected chi connectivity index (χ1v) is 6.69. The monoisotopic (exact) mass is 297 g/mol. The Kier molecular flexibility index (Phi) is 4.65. The molecule has 100 valence electrons. The van der Waals surface area contributed by atoms with E-state index in [0.29, 0.717) is 12.3 Å². The van der Waals surface area contributed by atoms with E-state index in [2.05, 4.69) is 10.1 Å². The first-order chi connectivity index (χ1) is 9.17. The molecule has 0 atom stereocenters. The van der Waals surface area contributed by atoms with Gasteiger partial charge in [-0.3, -0.25) is 5.32 Å². The van der Waals surface area contributed by atoms with Crippen LogP contribution in [-0.4, -0.2) is 13.2 Å². The van der Waals surface area contributed by atoms with Crippen molar-refractivity contribution in [1.82, 2.24) is 0 Å². The maximum absolute atomic E-state index is 11.0. The van der Waals surface area contributed by atoms with Crippen LogP contribution >= 0.6 is 22.9 Å². The number of amides is 1. The molecule has 1 aromatic carbocycles. The van der Waals surface area contributed by atoms with E-state index in [-0.39, 0.29) is 0 Å². The average Bonchev–Trinajstić information content (AvgIpc) is 2.83. The first kappa shape index (κ1) is 13.7. The third-order valence-electron chi connectivity index (χ3n) is 2.30. The van der Waals surface area contributed by atoms with Gasteiger partial charge in [0, 0.05) is 10.6 Å². The van der Waals surface area contributed by atoms with Crippen molar-refractivity contribution < 1.29 is 14.3 Å². The number of nitrogens with one attached hydrogen (secondary N) is 1. The average molecular weight is 298 g/mol. The Labute approximate surface area is 119 Å². The molecule has 4 nitrogen and oxygen atoms in total. The van der Waals surface area contributed by atoms with Gasteiger partial charge in [-0.05, 0) is 36.4 Å². The molecular weight excluding hydrogens is 286 g/mol. The smallest absolute Gasteiger partial charge is 0.411 e. The standard InChI is InChI=1S/C13H12ClNO3S/c1-17-13(16)15-9-2-4-10(5-3-9)18-8-11-6-7-12(14)19-11/h2-7H,8H2,1H3,(H,15,16). The van der Waals surface area contributed by atoms with E-state index < -0.39 is 6.09 Å². The van der Waals surface area contributed by atoms with E-state index in [0.717, 1.165) is 15.0 Å². The van der Waals surface area contributed by atoms with E-state index in [1.54, 1.807) is 24.3 Å². The number of ether oxygens (including phenoxy) is 2. The SMILES string of the molecule is COC(=O)Nc1ccc(OCc2ccc(Cl)s2)cc1. The first-order valence-electron chi connectivity index (χ1n) is 5.49. The summed E-state index contributed by atoms with van der Waals surface area (Å²) in [6.07, 6.45) is -0.498. The molecule has 1 N–H and O–H groups in total. The zero-order chi connectivity index (χ0) is 13.7. The second-order valence-corrected chi connectivity index (χ2v) is 5.44. The number of anilines is 1. The molecule has 2 aromatic rings. The number of carbonyl (C=O) groups excluding carboxylic acids is 1. The Morgan fingerprint density at radius 2 is 2.00 bits per heavy atom. The highest BCUT2D eigenvalue weighted by Gasteiger charge is 2.02. The van der Waals surface area contributed by atoms with Crippen LogP contribution in [0.4, 0.5) is 10.5 Å². The number of hydrogen-bond donors (Lipinski definition) is 1. The molecule has 0 aliphatic heterocycles. The summed E-state index contributed by atoms with van der Waals surface area (Å²) >= 11 is 7.32. The van der Waals surface area contributed by atoms with Crippen LogP contribution in [-0.2, 0) is 11.3 Å². The van der Waals surface area contributed by atoms with E-state index in [1.165, 1.54) is 18.4 Å². The van der Waals surface area contributed by atoms with Crippen molar-refractivity contribution >= 4 is 34.7 Å². The van der Waals surface area contributed by atoms with Gasteiger partial charge in [0.05, 0.1) is 11.4 Å². The van der Waals surface area contributed by atoms with Gasteiger partial charge in [0.25, 0.3) is 0 Å². The Morgan fingerprint density at radius 1 is 1.26 bits per heavy atom. The van der Waals surface area contributed by atoms with Crippen LogP contribution in [0.25, 0.3) is 0 Å². The number of rotatable bonds is 4. The lowest BCUT2D eigenvalue weighted by Crippen LogP contribution is -2.10. The third kappa shape index (κ3) is 4.15. The molecule has 0 saturated carbocycles. The molecule has 1 heterocycles. The number of methoxy groups -OCH3 is 1. The van der Waals surface area contributed by atoms with Crippen molar-refractivity contribution in [3.63, 3.8) is 0 Å². The highest BCUT2D eigenvalue weighted by atomic mass is 35.5. The molecule has 0 spiro atoms. The summed E-state index contributed by atoms with van der Waals surface area (Å²) in [5.74, 6) is 0.722. The van der Waals surface area contributed by atoms with Gasteiger partial charge < -0.3 is 9.47 Å². The number of thiophene rings is 1. The van der Waals surface area contributed by atoms with Gasteiger partial charge in [-0.1, -0.05) is 11.6 Å². The van der Waals surface area contributed by atoms with E-state index in [4.69, 9.17) is 16.3 Å². The van der Waals surface area contributed by atoms with Crippen molar-refractivity contribution in [3.05, 3.63) is 45.6 Å². The summed E-state index contributed by atoms with van der Waals surface area (Å²) in [5.41, 5.74) is 0.651. The Bertz CT molecular complexity index is 553. The second kappa shape index (κ2) is 6.45. The molecule has 0 unspecified atom stereocenters. The summed E-state index contributed by atoms with van der Waals surface area (Å²) in [5, 5.41) is 2.56. The normalized spacial score (nSPS) is 10.0. The quantitative estimate of drug-likeness (QED) is 0.922. The molecule has 1 aromatic heterocycles. The van der Waals surface area contributed by atoms with Crippen molar-refractivity contribution in [2.75, 3.05) is 12.4 Å². The highest BCUT2D eigenvalue weighted by Crippen LogP contribution is 2.23. The third-order valence-corrected chi connectivity index (χ3v) is 3.50. The molecule has 0 saturated heterocycles. The molecule has 6 heteroatoms. The largest absolute Gasteiger partial charge is 0.488 e.